The number of hydrogen-bond acceptors (Lipinski definition) is 4. The van der Waals surface area contributed by atoms with Crippen LogP contribution in [-0.2, 0) is 10.2 Å². The lowest BCUT2D eigenvalue weighted by Gasteiger charge is -2.20. The van der Waals surface area contributed by atoms with E-state index in [4.69, 9.17) is 9.47 Å². The van der Waals surface area contributed by atoms with Crippen molar-refractivity contribution in [2.24, 2.45) is 10.9 Å². The van der Waals surface area contributed by atoms with Crippen molar-refractivity contribution in [1.29, 1.82) is 0 Å². The average Bonchev–Trinajstić information content (AvgIpc) is 3.38. The summed E-state index contributed by atoms with van der Waals surface area (Å²) in [4.78, 5) is 16.8. The van der Waals surface area contributed by atoms with Gasteiger partial charge < -0.3 is 14.8 Å². The molecule has 0 unspecified atom stereocenters. The topological polar surface area (TPSA) is 59.9 Å². The van der Waals surface area contributed by atoms with Crippen molar-refractivity contribution in [3.8, 4) is 11.5 Å². The standard InChI is InChI=1S/C29H34N2O3/c1-21(7-4-8-22-15-16-30-20-22)31-28(32)14-13-25-19-29(25,23-9-5-11-26(17-23)33-2)24-10-6-12-27(18-24)34-3/h5-6,9-18,21,25H,4,7-8,19-20H2,1-3H3,(H,31,32)/t21-,25-/m0/s1. The Bertz CT molecular complexity index is 1050. The predicted molar refractivity (Wildman–Crippen MR) is 137 cm³/mol. The first-order chi connectivity index (χ1) is 16.5. The minimum atomic E-state index is -0.192. The highest BCUT2D eigenvalue weighted by molar-refractivity contribution is 5.87. The molecule has 0 saturated heterocycles. The van der Waals surface area contributed by atoms with E-state index in [2.05, 4.69) is 53.7 Å². The average molecular weight is 459 g/mol. The first kappa shape index (κ1) is 23.8. The van der Waals surface area contributed by atoms with Gasteiger partial charge in [-0.05, 0) is 91.6 Å². The molecule has 0 spiro atoms. The number of amides is 1. The third kappa shape index (κ3) is 5.41. The van der Waals surface area contributed by atoms with Gasteiger partial charge in [0.25, 0.3) is 0 Å². The van der Waals surface area contributed by atoms with Gasteiger partial charge in [0.05, 0.1) is 20.8 Å². The van der Waals surface area contributed by atoms with E-state index in [1.54, 1.807) is 20.3 Å². The maximum atomic E-state index is 12.6. The van der Waals surface area contributed by atoms with Crippen LogP contribution in [0.25, 0.3) is 0 Å². The summed E-state index contributed by atoms with van der Waals surface area (Å²) in [6.07, 6.45) is 11.7. The molecule has 2 aromatic rings. The highest BCUT2D eigenvalue weighted by Crippen LogP contribution is 2.60. The molecule has 0 bridgehead atoms. The molecule has 4 rings (SSSR count). The SMILES string of the molecule is COc1cccc(C2(c3cccc(OC)c3)C[C@@H]2C=CC(=O)N[C@@H](C)CCCC2=CC=NC2)c1. The van der Waals surface area contributed by atoms with Crippen LogP contribution < -0.4 is 14.8 Å². The van der Waals surface area contributed by atoms with Crippen LogP contribution in [0.3, 0.4) is 0 Å². The second-order valence-corrected chi connectivity index (χ2v) is 9.22. The zero-order chi connectivity index (χ0) is 24.0. The quantitative estimate of drug-likeness (QED) is 0.468. The van der Waals surface area contributed by atoms with Gasteiger partial charge in [0.1, 0.15) is 11.5 Å². The van der Waals surface area contributed by atoms with E-state index in [0.29, 0.717) is 0 Å². The summed E-state index contributed by atoms with van der Waals surface area (Å²) in [6.45, 7) is 2.90. The minimum Gasteiger partial charge on any atom is -0.497 e. The van der Waals surface area contributed by atoms with Crippen molar-refractivity contribution in [3.05, 3.63) is 83.5 Å². The van der Waals surface area contributed by atoms with Gasteiger partial charge in [0.2, 0.25) is 5.91 Å². The molecule has 1 aliphatic carbocycles. The molecule has 0 radical (unpaired) electrons. The number of benzene rings is 2. The van der Waals surface area contributed by atoms with Gasteiger partial charge in [-0.15, -0.1) is 0 Å². The Hall–Kier alpha value is -3.34. The molecular formula is C29H34N2O3. The summed E-state index contributed by atoms with van der Waals surface area (Å²) in [5, 5.41) is 3.12. The zero-order valence-electron chi connectivity index (χ0n) is 20.3. The molecule has 1 amide bonds. The largest absolute Gasteiger partial charge is 0.497 e. The lowest BCUT2D eigenvalue weighted by atomic mass is 9.85. The van der Waals surface area contributed by atoms with Gasteiger partial charge >= 0.3 is 0 Å². The van der Waals surface area contributed by atoms with E-state index in [9.17, 15) is 4.79 Å². The summed E-state index contributed by atoms with van der Waals surface area (Å²) in [6, 6.07) is 16.6. The number of nitrogens with one attached hydrogen (secondary N) is 1. The Morgan fingerprint density at radius 3 is 2.41 bits per heavy atom. The Balaban J connectivity index is 1.42. The highest BCUT2D eigenvalue weighted by atomic mass is 16.5. The van der Waals surface area contributed by atoms with E-state index in [1.165, 1.54) is 16.7 Å². The number of hydrogen-bond donors (Lipinski definition) is 1. The molecule has 1 saturated carbocycles. The second-order valence-electron chi connectivity index (χ2n) is 9.22. The Kier molecular flexibility index (Phi) is 7.51. The zero-order valence-corrected chi connectivity index (χ0v) is 20.3. The summed E-state index contributed by atoms with van der Waals surface area (Å²) >= 11 is 0. The molecule has 5 nitrogen and oxygen atoms in total. The molecule has 0 aromatic heterocycles. The monoisotopic (exact) mass is 458 g/mol. The Labute approximate surface area is 202 Å². The second kappa shape index (κ2) is 10.7. The highest BCUT2D eigenvalue weighted by Gasteiger charge is 2.55. The first-order valence-electron chi connectivity index (χ1n) is 12.0. The fraction of sp³-hybridized carbons (Fsp3) is 0.379. The van der Waals surface area contributed by atoms with Gasteiger partial charge in [-0.25, -0.2) is 0 Å². The van der Waals surface area contributed by atoms with Crippen molar-refractivity contribution >= 4 is 12.1 Å². The van der Waals surface area contributed by atoms with Crippen molar-refractivity contribution in [1.82, 2.24) is 5.32 Å². The molecular weight excluding hydrogens is 424 g/mol. The smallest absolute Gasteiger partial charge is 0.243 e. The molecule has 178 valence electrons. The molecule has 1 fully saturated rings. The summed E-state index contributed by atoms with van der Waals surface area (Å²) < 4.78 is 11.0. The van der Waals surface area contributed by atoms with Crippen LogP contribution >= 0.6 is 0 Å². The Morgan fingerprint density at radius 1 is 1.15 bits per heavy atom. The van der Waals surface area contributed by atoms with Gasteiger partial charge in [-0.3, -0.25) is 9.79 Å². The van der Waals surface area contributed by atoms with Gasteiger partial charge in [-0.2, -0.15) is 0 Å². The van der Waals surface area contributed by atoms with Crippen molar-refractivity contribution < 1.29 is 14.3 Å². The van der Waals surface area contributed by atoms with Crippen LogP contribution in [-0.4, -0.2) is 38.9 Å². The van der Waals surface area contributed by atoms with Crippen LogP contribution in [0.4, 0.5) is 0 Å². The van der Waals surface area contributed by atoms with Gasteiger partial charge in [0.15, 0.2) is 0 Å². The number of aliphatic imine (C=N–C) groups is 1. The number of methoxy groups -OCH3 is 2. The summed E-state index contributed by atoms with van der Waals surface area (Å²) in [7, 11) is 3.37. The summed E-state index contributed by atoms with van der Waals surface area (Å²) in [5.74, 6) is 1.86. The van der Waals surface area contributed by atoms with Crippen LogP contribution in [0.1, 0.15) is 43.7 Å². The normalized spacial score (nSPS) is 19.0. The van der Waals surface area contributed by atoms with E-state index >= 15 is 0 Å². The van der Waals surface area contributed by atoms with Crippen molar-refractivity contribution in [2.75, 3.05) is 20.8 Å². The minimum absolute atomic E-state index is 0.0343. The lowest BCUT2D eigenvalue weighted by Crippen LogP contribution is -2.31. The third-order valence-corrected chi connectivity index (χ3v) is 6.90. The first-order valence-corrected chi connectivity index (χ1v) is 12.0. The van der Waals surface area contributed by atoms with E-state index in [0.717, 1.165) is 43.7 Å². The fourth-order valence-corrected chi connectivity index (χ4v) is 4.90. The number of carbonyl (C=O) groups excluding carboxylic acids is 1. The molecule has 5 heteroatoms. The molecule has 2 aliphatic rings. The lowest BCUT2D eigenvalue weighted by molar-refractivity contribution is -0.117. The molecule has 1 aliphatic heterocycles. The molecule has 1 heterocycles. The maximum absolute atomic E-state index is 12.6. The molecule has 2 aromatic carbocycles. The number of rotatable bonds is 11. The van der Waals surface area contributed by atoms with Crippen LogP contribution in [0.2, 0.25) is 0 Å². The van der Waals surface area contributed by atoms with Crippen molar-refractivity contribution in [3.63, 3.8) is 0 Å². The van der Waals surface area contributed by atoms with E-state index in [-0.39, 0.29) is 23.3 Å². The number of allylic oxidation sites excluding steroid dienone is 2. The maximum Gasteiger partial charge on any atom is 0.243 e. The van der Waals surface area contributed by atoms with Crippen LogP contribution in [0.5, 0.6) is 11.5 Å². The van der Waals surface area contributed by atoms with E-state index in [1.807, 2.05) is 30.5 Å². The molecule has 34 heavy (non-hydrogen) atoms. The van der Waals surface area contributed by atoms with Crippen LogP contribution in [0.15, 0.2) is 77.3 Å². The number of ether oxygens (including phenoxy) is 2. The van der Waals surface area contributed by atoms with E-state index < -0.39 is 0 Å². The number of carbonyl (C=O) groups is 1. The fourth-order valence-electron chi connectivity index (χ4n) is 4.90. The van der Waals surface area contributed by atoms with Gasteiger partial charge in [0, 0.05) is 17.7 Å². The summed E-state index contributed by atoms with van der Waals surface area (Å²) in [5.41, 5.74) is 3.56. The Morgan fingerprint density at radius 2 is 1.82 bits per heavy atom. The third-order valence-electron chi connectivity index (χ3n) is 6.90. The van der Waals surface area contributed by atoms with Gasteiger partial charge in [-0.1, -0.05) is 30.3 Å². The molecule has 1 N–H and O–H groups in total. The number of nitrogens with zero attached hydrogens (tertiary/aromatic N) is 1. The van der Waals surface area contributed by atoms with Crippen molar-refractivity contribution in [2.45, 2.75) is 44.1 Å². The van der Waals surface area contributed by atoms with Crippen LogP contribution in [0, 0.1) is 5.92 Å². The predicted octanol–water partition coefficient (Wildman–Crippen LogP) is 5.25. The molecule has 2 atom stereocenters.